The van der Waals surface area contributed by atoms with Gasteiger partial charge in [-0.25, -0.2) is 4.79 Å². The summed E-state index contributed by atoms with van der Waals surface area (Å²) in [5, 5.41) is 4.19. The number of nitrogens with two attached hydrogens (primary N) is 1. The molecule has 10 heteroatoms. The monoisotopic (exact) mass is 568 g/mol. The third-order valence-electron chi connectivity index (χ3n) is 6.28. The predicted octanol–water partition coefficient (Wildman–Crippen LogP) is 6.32. The number of carbonyl (C=O) groups is 1. The van der Waals surface area contributed by atoms with Crippen molar-refractivity contribution in [2.45, 2.75) is 25.9 Å². The minimum absolute atomic E-state index is 0.156. The first kappa shape index (κ1) is 31.0. The lowest BCUT2D eigenvalue weighted by atomic mass is 9.94. The highest BCUT2D eigenvalue weighted by Gasteiger charge is 2.30. The third-order valence-corrected chi connectivity index (χ3v) is 6.28. The highest BCUT2D eigenvalue weighted by Crippen LogP contribution is 2.31. The summed E-state index contributed by atoms with van der Waals surface area (Å²) < 4.78 is 49.2. The van der Waals surface area contributed by atoms with Gasteiger partial charge in [0.1, 0.15) is 18.4 Å². The second kappa shape index (κ2) is 14.2. The zero-order chi connectivity index (χ0) is 30.0. The summed E-state index contributed by atoms with van der Waals surface area (Å²) >= 11 is 0. The van der Waals surface area contributed by atoms with Gasteiger partial charge < -0.3 is 19.1 Å². The topological polar surface area (TPSA) is 92.4 Å². The third kappa shape index (κ3) is 7.76. The fourth-order valence-corrected chi connectivity index (χ4v) is 4.28. The Morgan fingerprint density at radius 3 is 2.15 bits per heavy atom. The van der Waals surface area contributed by atoms with Crippen LogP contribution in [0.1, 0.15) is 40.3 Å². The first-order valence-corrected chi connectivity index (χ1v) is 12.5. The molecule has 0 aromatic heterocycles. The fourth-order valence-electron chi connectivity index (χ4n) is 4.28. The summed E-state index contributed by atoms with van der Waals surface area (Å²) in [5.74, 6) is 5.36. The molecule has 0 heterocycles. The predicted molar refractivity (Wildman–Crippen MR) is 150 cm³/mol. The fraction of sp³-hybridized carbons (Fsp3) is 0.226. The zero-order valence-corrected chi connectivity index (χ0v) is 23.1. The molecule has 0 aliphatic heterocycles. The van der Waals surface area contributed by atoms with E-state index in [0.29, 0.717) is 46.4 Å². The van der Waals surface area contributed by atoms with E-state index < -0.39 is 17.7 Å². The molecule has 0 unspecified atom stereocenters. The molecule has 2 N–H and O–H groups in total. The molecular formula is C31H31F3N2O5. The Labute approximate surface area is 236 Å². The molecule has 0 spiro atoms. The van der Waals surface area contributed by atoms with Gasteiger partial charge in [0, 0.05) is 22.3 Å². The molecule has 0 aliphatic carbocycles. The minimum atomic E-state index is -4.38. The summed E-state index contributed by atoms with van der Waals surface area (Å²) in [6, 6.07) is 19.7. The van der Waals surface area contributed by atoms with Crippen molar-refractivity contribution >= 4 is 23.0 Å². The van der Waals surface area contributed by atoms with Crippen LogP contribution in [-0.2, 0) is 43.0 Å². The van der Waals surface area contributed by atoms with Crippen molar-refractivity contribution in [2.24, 2.45) is 11.1 Å². The van der Waals surface area contributed by atoms with Crippen LogP contribution in [0.5, 0.6) is 0 Å². The van der Waals surface area contributed by atoms with E-state index in [-0.39, 0.29) is 11.3 Å². The quantitative estimate of drug-likeness (QED) is 0.0957. The summed E-state index contributed by atoms with van der Waals surface area (Å²) in [7, 11) is 4.09. The van der Waals surface area contributed by atoms with Crippen molar-refractivity contribution in [3.8, 4) is 0 Å². The molecule has 0 atom stereocenters. The van der Waals surface area contributed by atoms with Crippen molar-refractivity contribution < 1.29 is 37.1 Å². The number of oxime groups is 1. The summed E-state index contributed by atoms with van der Waals surface area (Å²) in [5.41, 5.74) is 3.58. The number of hydrogen-bond donors (Lipinski definition) is 1. The van der Waals surface area contributed by atoms with Crippen LogP contribution in [0.15, 0.2) is 89.8 Å². The number of esters is 1. The number of rotatable bonds is 11. The van der Waals surface area contributed by atoms with E-state index >= 15 is 0 Å². The standard InChI is InChI=1S/C31H31F3N2O5/c1-20(29(41-35)26-11-6-5-10-25(26)27(19-38-2)30(37)39-3)28(36-40-4)23-16-14-21(15-17-23)12-13-22-8-7-9-24(18-22)31(32,33)34/h5-11,14-19H,12-13,35H2,1-4H3/b27-19+,29-20-,36-28+. The first-order valence-electron chi connectivity index (χ1n) is 12.5. The van der Waals surface area contributed by atoms with E-state index in [1.54, 1.807) is 37.3 Å². The molecule has 7 nitrogen and oxygen atoms in total. The Balaban J connectivity index is 1.94. The largest absolute Gasteiger partial charge is 0.503 e. The van der Waals surface area contributed by atoms with Gasteiger partial charge in [0.2, 0.25) is 0 Å². The molecule has 216 valence electrons. The summed E-state index contributed by atoms with van der Waals surface area (Å²) in [6.45, 7) is 1.75. The maximum Gasteiger partial charge on any atom is 0.416 e. The molecule has 0 aliphatic rings. The smallest absolute Gasteiger partial charge is 0.416 e. The molecule has 41 heavy (non-hydrogen) atoms. The van der Waals surface area contributed by atoms with Crippen molar-refractivity contribution in [1.29, 1.82) is 0 Å². The lowest BCUT2D eigenvalue weighted by Crippen LogP contribution is -2.13. The average molecular weight is 569 g/mol. The number of nitrogens with zero attached hydrogens (tertiary/aromatic N) is 1. The number of hydrogen-bond acceptors (Lipinski definition) is 7. The van der Waals surface area contributed by atoms with Crippen LogP contribution >= 0.6 is 0 Å². The number of allylic oxidation sites excluding steroid dienone is 1. The Morgan fingerprint density at radius 2 is 1.56 bits per heavy atom. The van der Waals surface area contributed by atoms with Gasteiger partial charge in [0.15, 0.2) is 5.76 Å². The van der Waals surface area contributed by atoms with E-state index in [1.165, 1.54) is 39.7 Å². The Morgan fingerprint density at radius 1 is 0.902 bits per heavy atom. The highest BCUT2D eigenvalue weighted by molar-refractivity contribution is 6.19. The van der Waals surface area contributed by atoms with Gasteiger partial charge in [-0.15, -0.1) is 0 Å². The van der Waals surface area contributed by atoms with Crippen LogP contribution in [0, 0.1) is 0 Å². The van der Waals surface area contributed by atoms with Gasteiger partial charge in [0.25, 0.3) is 0 Å². The number of carbonyl (C=O) groups excluding carboxylic acids is 1. The lowest BCUT2D eigenvalue weighted by molar-refractivity contribution is -0.137. The van der Waals surface area contributed by atoms with Gasteiger partial charge in [-0.1, -0.05) is 71.9 Å². The molecule has 0 saturated heterocycles. The molecule has 3 aromatic rings. The molecule has 0 fully saturated rings. The number of halogens is 3. The Hall–Kier alpha value is -4.57. The highest BCUT2D eigenvalue weighted by atomic mass is 19.4. The maximum absolute atomic E-state index is 13.0. The number of alkyl halides is 3. The van der Waals surface area contributed by atoms with E-state index in [0.717, 1.165) is 11.6 Å². The number of aryl methyl sites for hydroxylation is 2. The summed E-state index contributed by atoms with van der Waals surface area (Å²) in [4.78, 5) is 22.9. The molecular weight excluding hydrogens is 537 g/mol. The zero-order valence-electron chi connectivity index (χ0n) is 23.1. The van der Waals surface area contributed by atoms with E-state index in [4.69, 9.17) is 25.0 Å². The normalized spacial score (nSPS) is 12.9. The molecule has 0 radical (unpaired) electrons. The van der Waals surface area contributed by atoms with E-state index in [9.17, 15) is 18.0 Å². The van der Waals surface area contributed by atoms with Crippen molar-refractivity contribution in [1.82, 2.24) is 0 Å². The van der Waals surface area contributed by atoms with Crippen LogP contribution in [0.4, 0.5) is 13.2 Å². The second-order valence-electron chi connectivity index (χ2n) is 8.89. The number of ether oxygens (including phenoxy) is 2. The van der Waals surface area contributed by atoms with Crippen LogP contribution in [0.25, 0.3) is 11.3 Å². The van der Waals surface area contributed by atoms with Crippen LogP contribution in [0.2, 0.25) is 0 Å². The summed E-state index contributed by atoms with van der Waals surface area (Å²) in [6.07, 6.45) is -2.12. The van der Waals surface area contributed by atoms with Gasteiger partial charge in [-0.05, 0) is 37.0 Å². The van der Waals surface area contributed by atoms with Crippen molar-refractivity contribution in [3.05, 3.63) is 118 Å². The van der Waals surface area contributed by atoms with Crippen LogP contribution in [-0.4, -0.2) is 33.0 Å². The average Bonchev–Trinajstić information content (AvgIpc) is 2.98. The number of benzene rings is 3. The van der Waals surface area contributed by atoms with E-state index in [2.05, 4.69) is 5.16 Å². The maximum atomic E-state index is 13.0. The number of methoxy groups -OCH3 is 2. The van der Waals surface area contributed by atoms with E-state index in [1.807, 2.05) is 24.3 Å². The molecule has 3 aromatic carbocycles. The molecule has 0 saturated carbocycles. The van der Waals surface area contributed by atoms with Gasteiger partial charge >= 0.3 is 12.1 Å². The first-order chi connectivity index (χ1) is 19.6. The molecule has 0 amide bonds. The minimum Gasteiger partial charge on any atom is -0.503 e. The lowest BCUT2D eigenvalue weighted by Gasteiger charge is -2.17. The second-order valence-corrected chi connectivity index (χ2v) is 8.89. The van der Waals surface area contributed by atoms with Crippen molar-refractivity contribution in [2.75, 3.05) is 21.3 Å². The van der Waals surface area contributed by atoms with Crippen molar-refractivity contribution in [3.63, 3.8) is 0 Å². The molecule has 0 bridgehead atoms. The Bertz CT molecular complexity index is 1440. The van der Waals surface area contributed by atoms with Crippen LogP contribution in [0.3, 0.4) is 0 Å². The van der Waals surface area contributed by atoms with Gasteiger partial charge in [-0.2, -0.15) is 19.1 Å². The van der Waals surface area contributed by atoms with Gasteiger partial charge in [-0.3, -0.25) is 0 Å². The van der Waals surface area contributed by atoms with Gasteiger partial charge in [0.05, 0.1) is 26.0 Å². The van der Waals surface area contributed by atoms with Crippen LogP contribution < -0.4 is 5.90 Å². The molecule has 3 rings (SSSR count). The SMILES string of the molecule is CO/C=C(/C(=O)OC)c1ccccc1/C(ON)=C(C)/C(=N\OC)c1ccc(CCc2cccc(C(F)(F)F)c2)cc1. The Kier molecular flexibility index (Phi) is 10.7.